The summed E-state index contributed by atoms with van der Waals surface area (Å²) in [6.45, 7) is 6.20. The second-order valence-electron chi connectivity index (χ2n) is 5.49. The molecule has 1 heterocycles. The highest BCUT2D eigenvalue weighted by atomic mass is 35.5. The molecule has 0 spiro atoms. The van der Waals surface area contributed by atoms with Crippen LogP contribution in [-0.2, 0) is 11.2 Å². The molecule has 0 radical (unpaired) electrons. The molecule has 4 heteroatoms. The zero-order valence-electron chi connectivity index (χ0n) is 11.4. The van der Waals surface area contributed by atoms with Crippen molar-refractivity contribution in [3.05, 3.63) is 33.8 Å². The predicted octanol–water partition coefficient (Wildman–Crippen LogP) is 3.96. The van der Waals surface area contributed by atoms with Crippen LogP contribution in [0.1, 0.15) is 26.3 Å². The lowest BCUT2D eigenvalue weighted by Crippen LogP contribution is -2.32. The zero-order valence-corrected chi connectivity index (χ0v) is 12.9. The summed E-state index contributed by atoms with van der Waals surface area (Å²) in [7, 11) is 0. The van der Waals surface area contributed by atoms with E-state index in [1.54, 1.807) is 12.1 Å². The van der Waals surface area contributed by atoms with Gasteiger partial charge in [0, 0.05) is 22.4 Å². The molecule has 1 aliphatic heterocycles. The summed E-state index contributed by atoms with van der Waals surface area (Å²) in [6.07, 6.45) is 0.294. The fourth-order valence-electron chi connectivity index (χ4n) is 3.02. The molecule has 0 aromatic heterocycles. The Balaban J connectivity index is 2.12. The summed E-state index contributed by atoms with van der Waals surface area (Å²) in [4.78, 5) is 0. The molecule has 1 fully saturated rings. The third kappa shape index (κ3) is 3.25. The molecule has 2 nitrogen and oxygen atoms in total. The lowest BCUT2D eigenvalue weighted by atomic mass is 9.82. The van der Waals surface area contributed by atoms with Crippen LogP contribution >= 0.6 is 23.2 Å². The molecule has 106 valence electrons. The van der Waals surface area contributed by atoms with Gasteiger partial charge in [0.1, 0.15) is 0 Å². The number of hydrogen-bond donors (Lipinski definition) is 1. The first-order chi connectivity index (χ1) is 8.90. The number of ether oxygens (including phenoxy) is 1. The Kier molecular flexibility index (Phi) is 4.78. The quantitative estimate of drug-likeness (QED) is 0.916. The summed E-state index contributed by atoms with van der Waals surface area (Å²) in [5.41, 5.74) is 0.889. The van der Waals surface area contributed by atoms with Gasteiger partial charge < -0.3 is 9.84 Å². The largest absolute Gasteiger partial charge is 0.392 e. The molecule has 19 heavy (non-hydrogen) atoms. The number of aliphatic hydroxyl groups is 1. The molecule has 1 aromatic carbocycles. The van der Waals surface area contributed by atoms with Gasteiger partial charge in [0.2, 0.25) is 0 Å². The van der Waals surface area contributed by atoms with Crippen molar-refractivity contribution >= 4 is 23.2 Å². The monoisotopic (exact) mass is 302 g/mol. The second kappa shape index (κ2) is 6.01. The van der Waals surface area contributed by atoms with Gasteiger partial charge in [-0.1, -0.05) is 30.1 Å². The maximum atomic E-state index is 10.5. The SMILES string of the molecule is CC1OC(C)C(C(O)Cc2cc(Cl)ccc2Cl)C1C. The number of halogens is 2. The highest BCUT2D eigenvalue weighted by Gasteiger charge is 2.41. The molecular formula is C15H20Cl2O2. The lowest BCUT2D eigenvalue weighted by molar-refractivity contribution is 0.0240. The highest BCUT2D eigenvalue weighted by molar-refractivity contribution is 6.33. The molecule has 0 bridgehead atoms. The number of hydrogen-bond acceptors (Lipinski definition) is 2. The van der Waals surface area contributed by atoms with E-state index in [1.165, 1.54) is 0 Å². The maximum Gasteiger partial charge on any atom is 0.0637 e. The molecular weight excluding hydrogens is 283 g/mol. The van der Waals surface area contributed by atoms with Gasteiger partial charge in [-0.25, -0.2) is 0 Å². The average molecular weight is 303 g/mol. The van der Waals surface area contributed by atoms with Gasteiger partial charge in [0.25, 0.3) is 0 Å². The third-order valence-electron chi connectivity index (χ3n) is 4.20. The van der Waals surface area contributed by atoms with Crippen LogP contribution in [0.5, 0.6) is 0 Å². The van der Waals surface area contributed by atoms with Crippen molar-refractivity contribution in [3.63, 3.8) is 0 Å². The molecule has 1 saturated heterocycles. The summed E-state index contributed by atoms with van der Waals surface area (Å²) in [5, 5.41) is 11.8. The summed E-state index contributed by atoms with van der Waals surface area (Å²) >= 11 is 12.1. The summed E-state index contributed by atoms with van der Waals surface area (Å²) in [5.74, 6) is 0.466. The van der Waals surface area contributed by atoms with Crippen LogP contribution < -0.4 is 0 Å². The normalized spacial score (nSPS) is 32.5. The van der Waals surface area contributed by atoms with Crippen molar-refractivity contribution in [1.29, 1.82) is 0 Å². The van der Waals surface area contributed by atoms with Crippen LogP contribution in [0.2, 0.25) is 10.0 Å². The Hall–Kier alpha value is -0.280. The van der Waals surface area contributed by atoms with E-state index in [0.29, 0.717) is 22.4 Å². The number of aliphatic hydroxyl groups excluding tert-OH is 1. The molecule has 1 aromatic rings. The second-order valence-corrected chi connectivity index (χ2v) is 6.33. The van der Waals surface area contributed by atoms with E-state index in [4.69, 9.17) is 27.9 Å². The van der Waals surface area contributed by atoms with E-state index in [-0.39, 0.29) is 18.1 Å². The van der Waals surface area contributed by atoms with Crippen molar-refractivity contribution in [2.45, 2.75) is 45.5 Å². The fourth-order valence-corrected chi connectivity index (χ4v) is 3.41. The van der Waals surface area contributed by atoms with Crippen molar-refractivity contribution in [2.24, 2.45) is 11.8 Å². The Morgan fingerprint density at radius 1 is 1.21 bits per heavy atom. The topological polar surface area (TPSA) is 29.5 Å². The standard InChI is InChI=1S/C15H20Cl2O2/c1-8-9(2)19-10(3)15(8)14(18)7-11-6-12(16)4-5-13(11)17/h4-6,8-10,14-15,18H,7H2,1-3H3. The first-order valence-electron chi connectivity index (χ1n) is 6.67. The van der Waals surface area contributed by atoms with E-state index in [1.807, 2.05) is 13.0 Å². The minimum Gasteiger partial charge on any atom is -0.392 e. The van der Waals surface area contributed by atoms with Crippen LogP contribution in [0.25, 0.3) is 0 Å². The van der Waals surface area contributed by atoms with Gasteiger partial charge >= 0.3 is 0 Å². The number of benzene rings is 1. The Labute approximate surface area is 124 Å². The summed E-state index contributed by atoms with van der Waals surface area (Å²) in [6, 6.07) is 5.35. The molecule has 0 saturated carbocycles. The first kappa shape index (κ1) is 15.1. The first-order valence-corrected chi connectivity index (χ1v) is 7.43. The van der Waals surface area contributed by atoms with Crippen molar-refractivity contribution < 1.29 is 9.84 Å². The Morgan fingerprint density at radius 3 is 2.47 bits per heavy atom. The van der Waals surface area contributed by atoms with Gasteiger partial charge in [-0.3, -0.25) is 0 Å². The van der Waals surface area contributed by atoms with Gasteiger partial charge in [0.05, 0.1) is 18.3 Å². The van der Waals surface area contributed by atoms with Gasteiger partial charge in [0.15, 0.2) is 0 Å². The lowest BCUT2D eigenvalue weighted by Gasteiger charge is -2.25. The van der Waals surface area contributed by atoms with E-state index in [0.717, 1.165) is 5.56 Å². The van der Waals surface area contributed by atoms with Crippen molar-refractivity contribution in [3.8, 4) is 0 Å². The predicted molar refractivity (Wildman–Crippen MR) is 78.8 cm³/mol. The highest BCUT2D eigenvalue weighted by Crippen LogP contribution is 2.36. The van der Waals surface area contributed by atoms with Crippen LogP contribution in [0.4, 0.5) is 0 Å². The van der Waals surface area contributed by atoms with E-state index in [2.05, 4.69) is 13.8 Å². The Bertz CT molecular complexity index is 450. The van der Waals surface area contributed by atoms with Crippen molar-refractivity contribution in [1.82, 2.24) is 0 Å². The molecule has 5 unspecified atom stereocenters. The molecule has 1 N–H and O–H groups in total. The average Bonchev–Trinajstić information content (AvgIpc) is 2.58. The molecule has 2 rings (SSSR count). The molecule has 0 aliphatic carbocycles. The molecule has 5 atom stereocenters. The van der Waals surface area contributed by atoms with Crippen LogP contribution in [0.15, 0.2) is 18.2 Å². The van der Waals surface area contributed by atoms with E-state index >= 15 is 0 Å². The number of rotatable bonds is 3. The van der Waals surface area contributed by atoms with Gasteiger partial charge in [-0.2, -0.15) is 0 Å². The fraction of sp³-hybridized carbons (Fsp3) is 0.600. The minimum absolute atomic E-state index is 0.0676. The van der Waals surface area contributed by atoms with E-state index < -0.39 is 6.10 Å². The zero-order chi connectivity index (χ0) is 14.2. The van der Waals surface area contributed by atoms with Crippen molar-refractivity contribution in [2.75, 3.05) is 0 Å². The van der Waals surface area contributed by atoms with E-state index in [9.17, 15) is 5.11 Å². The van der Waals surface area contributed by atoms with Gasteiger partial charge in [-0.05, 0) is 43.5 Å². The Morgan fingerprint density at radius 2 is 1.89 bits per heavy atom. The third-order valence-corrected chi connectivity index (χ3v) is 4.80. The molecule has 1 aliphatic rings. The summed E-state index contributed by atoms with van der Waals surface area (Å²) < 4.78 is 5.78. The smallest absolute Gasteiger partial charge is 0.0637 e. The van der Waals surface area contributed by atoms with Crippen LogP contribution in [-0.4, -0.2) is 23.4 Å². The maximum absolute atomic E-state index is 10.5. The molecule has 0 amide bonds. The van der Waals surface area contributed by atoms with Crippen LogP contribution in [0.3, 0.4) is 0 Å². The van der Waals surface area contributed by atoms with Gasteiger partial charge in [-0.15, -0.1) is 0 Å². The van der Waals surface area contributed by atoms with Crippen LogP contribution in [0, 0.1) is 11.8 Å². The minimum atomic E-state index is -0.467.